The number of hydrogen-bond acceptors (Lipinski definition) is 3. The van der Waals surface area contributed by atoms with Gasteiger partial charge in [0.2, 0.25) is 0 Å². The number of rotatable bonds is 8. The molecular weight excluding hydrogens is 360 g/mol. The van der Waals surface area contributed by atoms with Crippen LogP contribution in [-0.4, -0.2) is 58.7 Å². The molecular formula is C23H36N6. The summed E-state index contributed by atoms with van der Waals surface area (Å²) in [6.45, 7) is 13.6. The largest absolute Gasteiger partial charge is 0.357 e. The van der Waals surface area contributed by atoms with Gasteiger partial charge in [-0.05, 0) is 32.3 Å². The Morgan fingerprint density at radius 2 is 2.03 bits per heavy atom. The first-order chi connectivity index (χ1) is 14.1. The van der Waals surface area contributed by atoms with Gasteiger partial charge in [0.05, 0.1) is 0 Å². The molecule has 29 heavy (non-hydrogen) atoms. The van der Waals surface area contributed by atoms with Crippen molar-refractivity contribution >= 4 is 5.96 Å². The monoisotopic (exact) mass is 396 g/mol. The van der Waals surface area contributed by atoms with Crippen molar-refractivity contribution in [2.24, 2.45) is 10.9 Å². The highest BCUT2D eigenvalue weighted by Crippen LogP contribution is 2.18. The number of nitrogens with one attached hydrogen (secondary N) is 2. The quantitative estimate of drug-likeness (QED) is 0.532. The number of likely N-dealkylation sites (tertiary alicyclic amines) is 1. The molecule has 2 heterocycles. The van der Waals surface area contributed by atoms with Crippen molar-refractivity contribution < 1.29 is 0 Å². The van der Waals surface area contributed by atoms with Gasteiger partial charge in [-0.1, -0.05) is 37.3 Å². The van der Waals surface area contributed by atoms with Crippen LogP contribution in [0.3, 0.4) is 0 Å². The molecule has 0 bridgehead atoms. The zero-order valence-electron chi connectivity index (χ0n) is 18.3. The molecule has 1 aliphatic rings. The van der Waals surface area contributed by atoms with Gasteiger partial charge < -0.3 is 15.2 Å². The first-order valence-corrected chi connectivity index (χ1v) is 10.9. The van der Waals surface area contributed by atoms with Gasteiger partial charge in [0.1, 0.15) is 5.82 Å². The minimum Gasteiger partial charge on any atom is -0.357 e. The molecule has 2 atom stereocenters. The van der Waals surface area contributed by atoms with E-state index in [1.807, 2.05) is 12.3 Å². The van der Waals surface area contributed by atoms with Crippen LogP contribution in [0.15, 0.2) is 47.7 Å². The predicted molar refractivity (Wildman–Crippen MR) is 120 cm³/mol. The van der Waals surface area contributed by atoms with E-state index in [4.69, 9.17) is 4.99 Å². The number of nitrogens with zero attached hydrogens (tertiary/aromatic N) is 4. The van der Waals surface area contributed by atoms with E-state index in [1.165, 1.54) is 5.56 Å². The van der Waals surface area contributed by atoms with Gasteiger partial charge >= 0.3 is 0 Å². The average molecular weight is 397 g/mol. The molecule has 2 aromatic rings. The van der Waals surface area contributed by atoms with Gasteiger partial charge in [0, 0.05) is 63.6 Å². The van der Waals surface area contributed by atoms with Crippen LogP contribution >= 0.6 is 0 Å². The molecule has 6 nitrogen and oxygen atoms in total. The molecule has 0 radical (unpaired) electrons. The number of guanidine groups is 1. The lowest BCUT2D eigenvalue weighted by molar-refractivity contribution is 0.265. The molecule has 0 aliphatic carbocycles. The van der Waals surface area contributed by atoms with Crippen LogP contribution in [0.4, 0.5) is 0 Å². The van der Waals surface area contributed by atoms with Gasteiger partial charge in [0.15, 0.2) is 5.96 Å². The second-order valence-corrected chi connectivity index (χ2v) is 8.24. The molecule has 1 aromatic carbocycles. The second-order valence-electron chi connectivity index (χ2n) is 8.24. The number of imidazole rings is 1. The Labute approximate surface area is 175 Å². The average Bonchev–Trinajstić information content (AvgIpc) is 3.29. The molecule has 1 fully saturated rings. The summed E-state index contributed by atoms with van der Waals surface area (Å²) in [5.41, 5.74) is 1.29. The molecule has 158 valence electrons. The van der Waals surface area contributed by atoms with Crippen molar-refractivity contribution in [2.45, 2.75) is 52.7 Å². The van der Waals surface area contributed by atoms with E-state index < -0.39 is 0 Å². The summed E-state index contributed by atoms with van der Waals surface area (Å²) in [7, 11) is 0. The third-order valence-electron chi connectivity index (χ3n) is 5.64. The van der Waals surface area contributed by atoms with Crippen molar-refractivity contribution in [3.8, 4) is 0 Å². The third kappa shape index (κ3) is 6.07. The fourth-order valence-electron chi connectivity index (χ4n) is 3.87. The van der Waals surface area contributed by atoms with Crippen LogP contribution in [0, 0.1) is 5.92 Å². The van der Waals surface area contributed by atoms with Crippen molar-refractivity contribution in [1.29, 1.82) is 0 Å². The van der Waals surface area contributed by atoms with Crippen LogP contribution in [-0.2, 0) is 13.0 Å². The summed E-state index contributed by atoms with van der Waals surface area (Å²) in [6, 6.07) is 11.5. The maximum Gasteiger partial charge on any atom is 0.191 e. The van der Waals surface area contributed by atoms with Crippen molar-refractivity contribution in [3.05, 3.63) is 54.1 Å². The van der Waals surface area contributed by atoms with Crippen LogP contribution in [0.5, 0.6) is 0 Å². The van der Waals surface area contributed by atoms with Gasteiger partial charge in [-0.3, -0.25) is 9.89 Å². The van der Waals surface area contributed by atoms with E-state index in [1.54, 1.807) is 0 Å². The lowest BCUT2D eigenvalue weighted by atomic mass is 10.1. The van der Waals surface area contributed by atoms with Crippen LogP contribution in [0.1, 0.15) is 39.1 Å². The number of benzene rings is 1. The van der Waals surface area contributed by atoms with Crippen LogP contribution < -0.4 is 10.6 Å². The molecule has 0 spiro atoms. The zero-order chi connectivity index (χ0) is 20.6. The minimum absolute atomic E-state index is 0.440. The van der Waals surface area contributed by atoms with Crippen LogP contribution in [0.25, 0.3) is 0 Å². The zero-order valence-corrected chi connectivity index (χ0v) is 18.3. The van der Waals surface area contributed by atoms with Crippen molar-refractivity contribution in [2.75, 3.05) is 26.2 Å². The third-order valence-corrected chi connectivity index (χ3v) is 5.64. The standard InChI is InChI=1S/C23H36N6/c1-5-24-23(27-21-17-29(18(2)3)15-19(21)4)26-12-11-22-25-13-14-28(22)16-20-9-7-6-8-10-20/h6-10,13-14,18-19,21H,5,11-12,15-17H2,1-4H3,(H2,24,26,27). The van der Waals surface area contributed by atoms with Gasteiger partial charge in [0.25, 0.3) is 0 Å². The lowest BCUT2D eigenvalue weighted by Gasteiger charge is -2.22. The maximum absolute atomic E-state index is 4.83. The molecule has 0 saturated carbocycles. The molecule has 2 N–H and O–H groups in total. The van der Waals surface area contributed by atoms with Gasteiger partial charge in [-0.15, -0.1) is 0 Å². The van der Waals surface area contributed by atoms with E-state index in [0.717, 1.165) is 50.9 Å². The smallest absolute Gasteiger partial charge is 0.191 e. The van der Waals surface area contributed by atoms with Gasteiger partial charge in [-0.2, -0.15) is 0 Å². The Morgan fingerprint density at radius 3 is 2.72 bits per heavy atom. The van der Waals surface area contributed by atoms with E-state index in [9.17, 15) is 0 Å². The summed E-state index contributed by atoms with van der Waals surface area (Å²) >= 11 is 0. The summed E-state index contributed by atoms with van der Waals surface area (Å²) in [6.07, 6.45) is 4.76. The maximum atomic E-state index is 4.83. The predicted octanol–water partition coefficient (Wildman–Crippen LogP) is 2.76. The lowest BCUT2D eigenvalue weighted by Crippen LogP contribution is -2.47. The molecule has 2 unspecified atom stereocenters. The van der Waals surface area contributed by atoms with Gasteiger partial charge in [-0.25, -0.2) is 4.98 Å². The van der Waals surface area contributed by atoms with Crippen LogP contribution in [0.2, 0.25) is 0 Å². The first-order valence-electron chi connectivity index (χ1n) is 10.9. The summed E-state index contributed by atoms with van der Waals surface area (Å²) in [4.78, 5) is 11.9. The minimum atomic E-state index is 0.440. The number of aromatic nitrogens is 2. The number of hydrogen-bond donors (Lipinski definition) is 2. The topological polar surface area (TPSA) is 57.5 Å². The summed E-state index contributed by atoms with van der Waals surface area (Å²) in [5, 5.41) is 7.06. The Kier molecular flexibility index (Phi) is 7.69. The molecule has 3 rings (SSSR count). The molecule has 1 aliphatic heterocycles. The van der Waals surface area contributed by atoms with E-state index in [-0.39, 0.29) is 0 Å². The molecule has 6 heteroatoms. The fraction of sp³-hybridized carbons (Fsp3) is 0.565. The molecule has 1 aromatic heterocycles. The van der Waals surface area contributed by atoms with E-state index >= 15 is 0 Å². The first kappa shape index (κ1) is 21.4. The normalized spacial score (nSPS) is 20.4. The highest BCUT2D eigenvalue weighted by atomic mass is 15.3. The Hall–Kier alpha value is -2.34. The van der Waals surface area contributed by atoms with Crippen molar-refractivity contribution in [1.82, 2.24) is 25.1 Å². The highest BCUT2D eigenvalue weighted by molar-refractivity contribution is 5.80. The summed E-state index contributed by atoms with van der Waals surface area (Å²) in [5.74, 6) is 2.61. The Balaban J connectivity index is 1.57. The molecule has 1 saturated heterocycles. The Bertz CT molecular complexity index is 767. The van der Waals surface area contributed by atoms with E-state index in [2.05, 4.69) is 83.2 Å². The highest BCUT2D eigenvalue weighted by Gasteiger charge is 2.31. The van der Waals surface area contributed by atoms with Crippen molar-refractivity contribution in [3.63, 3.8) is 0 Å². The van der Waals surface area contributed by atoms with E-state index in [0.29, 0.717) is 18.0 Å². The summed E-state index contributed by atoms with van der Waals surface area (Å²) < 4.78 is 2.21. The fourth-order valence-corrected chi connectivity index (χ4v) is 3.87. The molecule has 0 amide bonds. The second kappa shape index (κ2) is 10.4. The Morgan fingerprint density at radius 1 is 1.24 bits per heavy atom. The number of aliphatic imine (C=N–C) groups is 1. The SMILES string of the molecule is CCNC(=NCCc1nccn1Cc1ccccc1)NC1CN(C(C)C)CC1C.